The Morgan fingerprint density at radius 2 is 2.29 bits per heavy atom. The fourth-order valence-corrected chi connectivity index (χ4v) is 3.59. The number of hydrogen-bond acceptors (Lipinski definition) is 6. The molecule has 0 aliphatic heterocycles. The number of carboxylic acids is 1. The molecule has 0 amide bonds. The summed E-state index contributed by atoms with van der Waals surface area (Å²) in [5.41, 5.74) is 0.786. The van der Waals surface area contributed by atoms with Gasteiger partial charge in [-0.05, 0) is 7.05 Å². The summed E-state index contributed by atoms with van der Waals surface area (Å²) in [6.45, 7) is 0.743. The van der Waals surface area contributed by atoms with Crippen LogP contribution >= 0.6 is 11.3 Å². The molecule has 96 valence electrons. The molecule has 0 saturated carbocycles. The van der Waals surface area contributed by atoms with E-state index < -0.39 is 21.7 Å². The van der Waals surface area contributed by atoms with Gasteiger partial charge in [0.25, 0.3) is 10.0 Å². The van der Waals surface area contributed by atoms with Gasteiger partial charge in [0.05, 0.1) is 5.51 Å². The highest BCUT2D eigenvalue weighted by molar-refractivity contribution is 7.91. The Labute approximate surface area is 103 Å². The molecule has 0 bridgehead atoms. The van der Waals surface area contributed by atoms with Crippen LogP contribution in [-0.2, 0) is 10.0 Å². The smallest absolute Gasteiger partial charge is 0.356 e. The SMILES string of the molecule is CNCCN(C)S(=O)(=O)c1scnc1C(=O)O. The summed E-state index contributed by atoms with van der Waals surface area (Å²) in [5, 5.41) is 11.6. The predicted octanol–water partition coefficient (Wildman–Crippen LogP) is -0.319. The van der Waals surface area contributed by atoms with E-state index in [9.17, 15) is 13.2 Å². The van der Waals surface area contributed by atoms with Crippen LogP contribution in [0.25, 0.3) is 0 Å². The number of carbonyl (C=O) groups is 1. The number of hydrogen-bond donors (Lipinski definition) is 2. The molecule has 0 unspecified atom stereocenters. The van der Waals surface area contributed by atoms with Gasteiger partial charge in [0.1, 0.15) is 0 Å². The minimum atomic E-state index is -3.78. The van der Waals surface area contributed by atoms with Gasteiger partial charge in [0.15, 0.2) is 9.90 Å². The molecule has 1 aromatic rings. The standard InChI is InChI=1S/C8H13N3O4S2/c1-9-3-4-11(2)17(14,15)8-6(7(12)13)10-5-16-8/h5,9H,3-4H2,1-2H3,(H,12,13). The van der Waals surface area contributed by atoms with Crippen molar-refractivity contribution in [3.8, 4) is 0 Å². The monoisotopic (exact) mass is 279 g/mol. The summed E-state index contributed by atoms with van der Waals surface area (Å²) in [4.78, 5) is 14.4. The molecule has 0 spiro atoms. The topological polar surface area (TPSA) is 99.6 Å². The maximum absolute atomic E-state index is 12.0. The quantitative estimate of drug-likeness (QED) is 0.740. The van der Waals surface area contributed by atoms with Crippen molar-refractivity contribution >= 4 is 27.3 Å². The third-order valence-corrected chi connectivity index (χ3v) is 5.26. The number of thiazole rings is 1. The Morgan fingerprint density at radius 1 is 1.65 bits per heavy atom. The van der Waals surface area contributed by atoms with Crippen molar-refractivity contribution in [1.82, 2.24) is 14.6 Å². The highest BCUT2D eigenvalue weighted by Crippen LogP contribution is 2.22. The summed E-state index contributed by atoms with van der Waals surface area (Å²) < 4.78 is 24.9. The van der Waals surface area contributed by atoms with Crippen molar-refractivity contribution in [3.05, 3.63) is 11.2 Å². The molecule has 0 aliphatic carbocycles. The lowest BCUT2D eigenvalue weighted by Crippen LogP contribution is -2.33. The minimum Gasteiger partial charge on any atom is -0.476 e. The van der Waals surface area contributed by atoms with E-state index in [1.54, 1.807) is 7.05 Å². The van der Waals surface area contributed by atoms with Crippen molar-refractivity contribution in [1.29, 1.82) is 0 Å². The summed E-state index contributed by atoms with van der Waals surface area (Å²) in [7, 11) is -0.670. The Morgan fingerprint density at radius 3 is 2.82 bits per heavy atom. The van der Waals surface area contributed by atoms with E-state index in [0.717, 1.165) is 15.6 Å². The van der Waals surface area contributed by atoms with Crippen molar-refractivity contribution in [2.45, 2.75) is 4.21 Å². The lowest BCUT2D eigenvalue weighted by molar-refractivity contribution is 0.0687. The van der Waals surface area contributed by atoms with Crippen molar-refractivity contribution < 1.29 is 18.3 Å². The lowest BCUT2D eigenvalue weighted by Gasteiger charge is -2.15. The summed E-state index contributed by atoms with van der Waals surface area (Å²) in [6.07, 6.45) is 0. The van der Waals surface area contributed by atoms with E-state index in [-0.39, 0.29) is 10.8 Å². The molecule has 1 rings (SSSR count). The average molecular weight is 279 g/mol. The summed E-state index contributed by atoms with van der Waals surface area (Å²) in [6, 6.07) is 0. The molecular weight excluding hydrogens is 266 g/mol. The summed E-state index contributed by atoms with van der Waals surface area (Å²) >= 11 is 0.805. The van der Waals surface area contributed by atoms with Crippen LogP contribution < -0.4 is 5.32 Å². The van der Waals surface area contributed by atoms with Gasteiger partial charge in [-0.25, -0.2) is 18.2 Å². The highest BCUT2D eigenvalue weighted by Gasteiger charge is 2.29. The number of sulfonamides is 1. The number of aromatic carboxylic acids is 1. The Balaban J connectivity index is 3.04. The van der Waals surface area contributed by atoms with E-state index in [1.807, 2.05) is 0 Å². The molecule has 0 fully saturated rings. The Bertz CT molecular complexity index is 497. The van der Waals surface area contributed by atoms with Crippen molar-refractivity contribution in [2.75, 3.05) is 27.2 Å². The van der Waals surface area contributed by atoms with Crippen LogP contribution in [0.1, 0.15) is 10.5 Å². The first-order chi connectivity index (χ1) is 7.91. The molecular formula is C8H13N3O4S2. The molecule has 0 atom stereocenters. The molecule has 17 heavy (non-hydrogen) atoms. The Hall–Kier alpha value is -1.03. The molecule has 0 aliphatic rings. The highest BCUT2D eigenvalue weighted by atomic mass is 32.2. The number of rotatable bonds is 6. The van der Waals surface area contributed by atoms with E-state index in [4.69, 9.17) is 5.11 Å². The maximum atomic E-state index is 12.0. The van der Waals surface area contributed by atoms with Gasteiger partial charge in [-0.1, -0.05) is 0 Å². The molecule has 0 radical (unpaired) electrons. The molecule has 7 nitrogen and oxygen atoms in total. The van der Waals surface area contributed by atoms with Gasteiger partial charge in [-0.3, -0.25) is 0 Å². The maximum Gasteiger partial charge on any atom is 0.356 e. The van der Waals surface area contributed by atoms with Crippen LogP contribution in [0.3, 0.4) is 0 Å². The molecule has 0 aromatic carbocycles. The largest absolute Gasteiger partial charge is 0.476 e. The van der Waals surface area contributed by atoms with Gasteiger partial charge in [0, 0.05) is 20.1 Å². The number of carboxylic acid groups (broad SMARTS) is 1. The first-order valence-corrected chi connectivity index (χ1v) is 7.01. The third kappa shape index (κ3) is 3.00. The second kappa shape index (κ2) is 5.54. The van der Waals surface area contributed by atoms with E-state index in [2.05, 4.69) is 10.3 Å². The van der Waals surface area contributed by atoms with Gasteiger partial charge in [0.2, 0.25) is 0 Å². The molecule has 1 aromatic heterocycles. The van der Waals surface area contributed by atoms with Crippen molar-refractivity contribution in [3.63, 3.8) is 0 Å². The zero-order chi connectivity index (χ0) is 13.1. The van der Waals surface area contributed by atoms with Crippen LogP contribution in [0.2, 0.25) is 0 Å². The molecule has 0 saturated heterocycles. The number of aromatic nitrogens is 1. The predicted molar refractivity (Wildman–Crippen MR) is 62.8 cm³/mol. The number of nitrogens with zero attached hydrogens (tertiary/aromatic N) is 2. The van der Waals surface area contributed by atoms with Crippen LogP contribution in [0, 0.1) is 0 Å². The van der Waals surface area contributed by atoms with Gasteiger partial charge in [-0.2, -0.15) is 4.31 Å². The Kier molecular flexibility index (Phi) is 4.57. The fourth-order valence-electron chi connectivity index (χ4n) is 1.09. The van der Waals surface area contributed by atoms with Gasteiger partial charge >= 0.3 is 5.97 Å². The van der Waals surface area contributed by atoms with Gasteiger partial charge in [-0.15, -0.1) is 11.3 Å². The van der Waals surface area contributed by atoms with Crippen LogP contribution in [0.5, 0.6) is 0 Å². The van der Waals surface area contributed by atoms with E-state index >= 15 is 0 Å². The average Bonchev–Trinajstić information content (AvgIpc) is 2.75. The van der Waals surface area contributed by atoms with Crippen molar-refractivity contribution in [2.24, 2.45) is 0 Å². The third-order valence-electron chi connectivity index (χ3n) is 2.06. The zero-order valence-electron chi connectivity index (χ0n) is 9.37. The zero-order valence-corrected chi connectivity index (χ0v) is 11.0. The van der Waals surface area contributed by atoms with E-state index in [1.165, 1.54) is 12.6 Å². The number of nitrogens with one attached hydrogen (secondary N) is 1. The van der Waals surface area contributed by atoms with Crippen LogP contribution in [0.4, 0.5) is 0 Å². The number of likely N-dealkylation sites (N-methyl/N-ethyl adjacent to an activating group) is 2. The molecule has 1 heterocycles. The normalized spacial score (nSPS) is 11.9. The second-order valence-electron chi connectivity index (χ2n) is 3.22. The first kappa shape index (κ1) is 14.0. The lowest BCUT2D eigenvalue weighted by atomic mass is 10.5. The molecule has 9 heteroatoms. The van der Waals surface area contributed by atoms with Gasteiger partial charge < -0.3 is 10.4 Å². The minimum absolute atomic E-state index is 0.233. The fraction of sp³-hybridized carbons (Fsp3) is 0.500. The van der Waals surface area contributed by atoms with Crippen LogP contribution in [0.15, 0.2) is 9.72 Å². The molecule has 2 N–H and O–H groups in total. The summed E-state index contributed by atoms with van der Waals surface area (Å²) in [5.74, 6) is -1.34. The van der Waals surface area contributed by atoms with E-state index in [0.29, 0.717) is 6.54 Å². The second-order valence-corrected chi connectivity index (χ2v) is 6.32. The first-order valence-electron chi connectivity index (χ1n) is 4.69. The van der Waals surface area contributed by atoms with Crippen LogP contribution in [-0.4, -0.2) is 56.0 Å².